The van der Waals surface area contributed by atoms with E-state index in [0.29, 0.717) is 16.8 Å². The van der Waals surface area contributed by atoms with Gasteiger partial charge < -0.3 is 4.74 Å². The highest BCUT2D eigenvalue weighted by atomic mass is 79.9. The number of nitrogens with zero attached hydrogens (tertiary/aromatic N) is 1. The van der Waals surface area contributed by atoms with Crippen LogP contribution in [0.2, 0.25) is 5.15 Å². The number of unbranched alkanes of at least 4 members (excludes halogenated alkanes) is 1. The average molecular weight is 339 g/mol. The number of aromatic nitrogens is 1. The van der Waals surface area contributed by atoms with E-state index in [4.69, 9.17) is 16.3 Å². The summed E-state index contributed by atoms with van der Waals surface area (Å²) in [6, 6.07) is 3.50. The van der Waals surface area contributed by atoms with Crippen molar-refractivity contribution < 1.29 is 9.53 Å². The van der Waals surface area contributed by atoms with Gasteiger partial charge in [-0.3, -0.25) is 4.79 Å². The molecule has 0 bridgehead atoms. The van der Waals surface area contributed by atoms with Crippen LogP contribution in [0.25, 0.3) is 0 Å². The summed E-state index contributed by atoms with van der Waals surface area (Å²) in [7, 11) is 0. The lowest BCUT2D eigenvalue weighted by Crippen LogP contribution is -2.08. The van der Waals surface area contributed by atoms with Crippen molar-refractivity contribution in [2.45, 2.75) is 24.8 Å². The van der Waals surface area contributed by atoms with Gasteiger partial charge in [0.1, 0.15) is 10.2 Å². The van der Waals surface area contributed by atoms with Crippen LogP contribution in [0.5, 0.6) is 0 Å². The van der Waals surface area contributed by atoms with E-state index in [2.05, 4.69) is 27.8 Å². The van der Waals surface area contributed by atoms with E-state index in [-0.39, 0.29) is 11.7 Å². The summed E-state index contributed by atoms with van der Waals surface area (Å²) in [5, 5.41) is 1.11. The Morgan fingerprint density at radius 3 is 3.06 bits per heavy atom. The number of rotatable bonds is 6. The maximum Gasteiger partial charge on any atom is 0.316 e. The van der Waals surface area contributed by atoms with Gasteiger partial charge in [0.15, 0.2) is 0 Å². The molecule has 0 atom stereocenters. The molecule has 0 saturated heterocycles. The average Bonchev–Trinajstić information content (AvgIpc) is 2.31. The van der Waals surface area contributed by atoms with E-state index in [0.717, 1.165) is 17.3 Å². The Morgan fingerprint density at radius 2 is 2.35 bits per heavy atom. The summed E-state index contributed by atoms with van der Waals surface area (Å²) < 4.78 is 5.87. The first-order valence-corrected chi connectivity index (χ1v) is 7.39. The summed E-state index contributed by atoms with van der Waals surface area (Å²) in [5.41, 5.74) is 0. The molecule has 1 aromatic rings. The van der Waals surface area contributed by atoms with Crippen molar-refractivity contribution in [1.82, 2.24) is 4.98 Å². The largest absolute Gasteiger partial charge is 0.465 e. The highest BCUT2D eigenvalue weighted by Crippen LogP contribution is 2.26. The Labute approximate surface area is 118 Å². The molecule has 0 radical (unpaired) electrons. The Kier molecular flexibility index (Phi) is 6.92. The highest BCUT2D eigenvalue weighted by molar-refractivity contribution is 9.10. The molecule has 0 spiro atoms. The van der Waals surface area contributed by atoms with E-state index in [1.165, 1.54) is 11.8 Å². The molecule has 0 N–H and O–H groups in total. The summed E-state index contributed by atoms with van der Waals surface area (Å²) in [5.74, 6) is 0.0208. The molecule has 1 rings (SSSR count). The van der Waals surface area contributed by atoms with Crippen molar-refractivity contribution in [1.29, 1.82) is 0 Å². The Bertz CT molecular complexity index is 390. The number of halogens is 2. The van der Waals surface area contributed by atoms with Crippen molar-refractivity contribution in [3.63, 3.8) is 0 Å². The van der Waals surface area contributed by atoms with Crippen LogP contribution in [0.3, 0.4) is 0 Å². The predicted octanol–water partition coefficient (Wildman–Crippen LogP) is 3.93. The van der Waals surface area contributed by atoms with Gasteiger partial charge in [-0.05, 0) is 34.5 Å². The number of esters is 1. The normalized spacial score (nSPS) is 10.3. The van der Waals surface area contributed by atoms with Gasteiger partial charge in [-0.1, -0.05) is 36.7 Å². The van der Waals surface area contributed by atoms with E-state index in [1.807, 2.05) is 0 Å². The third-order valence-corrected chi connectivity index (χ3v) is 3.95. The van der Waals surface area contributed by atoms with E-state index < -0.39 is 0 Å². The van der Waals surface area contributed by atoms with Gasteiger partial charge in [0.2, 0.25) is 0 Å². The van der Waals surface area contributed by atoms with Crippen LogP contribution in [0.4, 0.5) is 0 Å². The molecule has 0 aliphatic heterocycles. The fourth-order valence-electron chi connectivity index (χ4n) is 1.00. The molecule has 0 saturated carbocycles. The van der Waals surface area contributed by atoms with Gasteiger partial charge in [-0.25, -0.2) is 4.98 Å². The van der Waals surface area contributed by atoms with Gasteiger partial charge in [-0.2, -0.15) is 0 Å². The lowest BCUT2D eigenvalue weighted by atomic mass is 10.4. The van der Waals surface area contributed by atoms with Crippen LogP contribution in [0, 0.1) is 0 Å². The van der Waals surface area contributed by atoms with Crippen LogP contribution < -0.4 is 0 Å². The minimum atomic E-state index is -0.225. The van der Waals surface area contributed by atoms with Crippen LogP contribution in [0.1, 0.15) is 19.8 Å². The molecule has 0 amide bonds. The minimum absolute atomic E-state index is 0.225. The van der Waals surface area contributed by atoms with Crippen molar-refractivity contribution >= 4 is 45.3 Å². The van der Waals surface area contributed by atoms with Crippen LogP contribution in [-0.4, -0.2) is 23.3 Å². The van der Waals surface area contributed by atoms with Gasteiger partial charge in [0, 0.05) is 4.47 Å². The van der Waals surface area contributed by atoms with Gasteiger partial charge >= 0.3 is 5.97 Å². The molecule has 0 unspecified atom stereocenters. The number of hydrogen-bond donors (Lipinski definition) is 0. The zero-order chi connectivity index (χ0) is 12.7. The fourth-order valence-corrected chi connectivity index (χ4v) is 2.47. The van der Waals surface area contributed by atoms with E-state index >= 15 is 0 Å². The molecular formula is C11H13BrClNO2S. The zero-order valence-electron chi connectivity index (χ0n) is 9.41. The van der Waals surface area contributed by atoms with Gasteiger partial charge in [0.05, 0.1) is 12.4 Å². The quantitative estimate of drug-likeness (QED) is 0.341. The molecule has 17 heavy (non-hydrogen) atoms. The monoisotopic (exact) mass is 337 g/mol. The maximum absolute atomic E-state index is 11.4. The molecule has 0 fully saturated rings. The SMILES string of the molecule is CCCCOC(=O)CSc1nc(Cl)ccc1Br. The molecule has 3 nitrogen and oxygen atoms in total. The van der Waals surface area contributed by atoms with Crippen LogP contribution in [-0.2, 0) is 9.53 Å². The van der Waals surface area contributed by atoms with E-state index in [1.54, 1.807) is 12.1 Å². The first-order chi connectivity index (χ1) is 8.13. The molecule has 1 heterocycles. The standard InChI is InChI=1S/C11H13BrClNO2S/c1-2-3-6-16-10(15)7-17-11-8(12)4-5-9(13)14-11/h4-5H,2-3,6-7H2,1H3. The Morgan fingerprint density at radius 1 is 1.59 bits per heavy atom. The third kappa shape index (κ3) is 5.75. The molecule has 0 aromatic carbocycles. The lowest BCUT2D eigenvalue weighted by molar-refractivity contribution is -0.140. The smallest absolute Gasteiger partial charge is 0.316 e. The van der Waals surface area contributed by atoms with Gasteiger partial charge in [-0.15, -0.1) is 0 Å². The van der Waals surface area contributed by atoms with Crippen LogP contribution in [0.15, 0.2) is 21.6 Å². The number of carbonyl (C=O) groups excluding carboxylic acids is 1. The molecule has 0 aliphatic rings. The highest BCUT2D eigenvalue weighted by Gasteiger charge is 2.08. The van der Waals surface area contributed by atoms with E-state index in [9.17, 15) is 4.79 Å². The van der Waals surface area contributed by atoms with Crippen molar-refractivity contribution in [2.75, 3.05) is 12.4 Å². The molecule has 6 heteroatoms. The first-order valence-electron chi connectivity index (χ1n) is 5.24. The Balaban J connectivity index is 2.39. The number of carbonyl (C=O) groups is 1. The fraction of sp³-hybridized carbons (Fsp3) is 0.455. The second kappa shape index (κ2) is 7.95. The predicted molar refractivity (Wildman–Crippen MR) is 73.5 cm³/mol. The molecular weight excluding hydrogens is 326 g/mol. The molecule has 94 valence electrons. The zero-order valence-corrected chi connectivity index (χ0v) is 12.6. The molecule has 1 aromatic heterocycles. The Hall–Kier alpha value is -0.260. The summed E-state index contributed by atoms with van der Waals surface area (Å²) >= 11 is 10.4. The number of hydrogen-bond acceptors (Lipinski definition) is 4. The number of ether oxygens (including phenoxy) is 1. The summed E-state index contributed by atoms with van der Waals surface area (Å²) in [4.78, 5) is 15.5. The van der Waals surface area contributed by atoms with Crippen molar-refractivity contribution in [3.05, 3.63) is 21.8 Å². The summed E-state index contributed by atoms with van der Waals surface area (Å²) in [6.45, 7) is 2.54. The minimum Gasteiger partial charge on any atom is -0.465 e. The second-order valence-electron chi connectivity index (χ2n) is 3.28. The summed E-state index contributed by atoms with van der Waals surface area (Å²) in [6.07, 6.45) is 1.91. The maximum atomic E-state index is 11.4. The number of pyridine rings is 1. The van der Waals surface area contributed by atoms with Crippen LogP contribution >= 0.6 is 39.3 Å². The van der Waals surface area contributed by atoms with Crippen molar-refractivity contribution in [3.8, 4) is 0 Å². The second-order valence-corrected chi connectivity index (χ2v) is 5.49. The third-order valence-electron chi connectivity index (χ3n) is 1.87. The van der Waals surface area contributed by atoms with Gasteiger partial charge in [0.25, 0.3) is 0 Å². The number of thioether (sulfide) groups is 1. The molecule has 0 aliphatic carbocycles. The lowest BCUT2D eigenvalue weighted by Gasteiger charge is -2.05. The topological polar surface area (TPSA) is 39.2 Å². The van der Waals surface area contributed by atoms with Crippen molar-refractivity contribution in [2.24, 2.45) is 0 Å². The first kappa shape index (κ1) is 14.8.